The molecule has 1 N–H and O–H groups in total. The van der Waals surface area contributed by atoms with Gasteiger partial charge in [-0.2, -0.15) is 0 Å². The van der Waals surface area contributed by atoms with E-state index in [2.05, 4.69) is 25.7 Å². The first-order valence-electron chi connectivity index (χ1n) is 8.02. The summed E-state index contributed by atoms with van der Waals surface area (Å²) in [4.78, 5) is 14.0. The van der Waals surface area contributed by atoms with Crippen LogP contribution in [0.5, 0.6) is 0 Å². The third-order valence-corrected chi connectivity index (χ3v) is 4.96. The maximum Gasteiger partial charge on any atom is 0.308 e. The maximum atomic E-state index is 11.6. The van der Waals surface area contributed by atoms with E-state index in [4.69, 9.17) is 4.74 Å². The highest BCUT2D eigenvalue weighted by atomic mass is 16.5. The zero-order valence-electron chi connectivity index (χ0n) is 13.5. The van der Waals surface area contributed by atoms with Crippen LogP contribution in [0.25, 0.3) is 0 Å². The van der Waals surface area contributed by atoms with Gasteiger partial charge in [0.25, 0.3) is 0 Å². The molecule has 4 heteroatoms. The van der Waals surface area contributed by atoms with Gasteiger partial charge in [0.1, 0.15) is 0 Å². The lowest BCUT2D eigenvalue weighted by Crippen LogP contribution is -2.51. The van der Waals surface area contributed by atoms with Crippen molar-refractivity contribution in [1.29, 1.82) is 0 Å². The van der Waals surface area contributed by atoms with Crippen molar-refractivity contribution in [1.82, 2.24) is 4.90 Å². The van der Waals surface area contributed by atoms with Gasteiger partial charge in [-0.25, -0.2) is 0 Å². The largest absolute Gasteiger partial charge is 0.481 e. The van der Waals surface area contributed by atoms with Gasteiger partial charge in [-0.15, -0.1) is 0 Å². The van der Waals surface area contributed by atoms with Gasteiger partial charge >= 0.3 is 5.97 Å². The van der Waals surface area contributed by atoms with Crippen LogP contribution >= 0.6 is 0 Å². The molecule has 0 aromatic carbocycles. The molecule has 1 aliphatic carbocycles. The molecule has 1 aliphatic rings. The van der Waals surface area contributed by atoms with Crippen LogP contribution in [0, 0.1) is 11.8 Å². The highest BCUT2D eigenvalue weighted by molar-refractivity contribution is 5.71. The molecule has 4 atom stereocenters. The standard InChI is InChI=1S/C16H31NO3/c1-5-12(3)17(9-10-20-4)15-11-13(6-2)7-8-14(15)16(18)19/h12-15H,5-11H2,1-4H3,(H,18,19). The Hall–Kier alpha value is -0.610. The minimum absolute atomic E-state index is 0.163. The predicted octanol–water partition coefficient (Wildman–Crippen LogP) is 3.01. The third-order valence-electron chi connectivity index (χ3n) is 4.96. The van der Waals surface area contributed by atoms with Gasteiger partial charge in [-0.05, 0) is 38.5 Å². The fourth-order valence-electron chi connectivity index (χ4n) is 3.40. The molecule has 118 valence electrons. The van der Waals surface area contributed by atoms with Crippen LogP contribution in [0.4, 0.5) is 0 Å². The van der Waals surface area contributed by atoms with Crippen molar-refractivity contribution in [3.63, 3.8) is 0 Å². The number of carbonyl (C=O) groups is 1. The fourth-order valence-corrected chi connectivity index (χ4v) is 3.40. The summed E-state index contributed by atoms with van der Waals surface area (Å²) in [5.74, 6) is -0.177. The zero-order chi connectivity index (χ0) is 15.1. The van der Waals surface area contributed by atoms with Gasteiger partial charge in [-0.1, -0.05) is 20.3 Å². The van der Waals surface area contributed by atoms with E-state index in [-0.39, 0.29) is 12.0 Å². The van der Waals surface area contributed by atoms with E-state index >= 15 is 0 Å². The maximum absolute atomic E-state index is 11.6. The molecule has 1 fully saturated rings. The molecule has 0 aromatic heterocycles. The molecule has 4 nitrogen and oxygen atoms in total. The van der Waals surface area contributed by atoms with E-state index in [0.29, 0.717) is 18.6 Å². The number of methoxy groups -OCH3 is 1. The van der Waals surface area contributed by atoms with E-state index < -0.39 is 5.97 Å². The van der Waals surface area contributed by atoms with Crippen molar-refractivity contribution in [2.75, 3.05) is 20.3 Å². The number of hydrogen-bond donors (Lipinski definition) is 1. The second kappa shape index (κ2) is 8.63. The lowest BCUT2D eigenvalue weighted by atomic mass is 9.76. The number of ether oxygens (including phenoxy) is 1. The van der Waals surface area contributed by atoms with Crippen molar-refractivity contribution >= 4 is 5.97 Å². The Balaban J connectivity index is 2.87. The van der Waals surface area contributed by atoms with E-state index in [1.165, 1.54) is 0 Å². The van der Waals surface area contributed by atoms with Crippen molar-refractivity contribution < 1.29 is 14.6 Å². The molecular formula is C16H31NO3. The first-order valence-corrected chi connectivity index (χ1v) is 8.02. The van der Waals surface area contributed by atoms with Crippen LogP contribution in [0.1, 0.15) is 52.9 Å². The molecule has 4 unspecified atom stereocenters. The van der Waals surface area contributed by atoms with Crippen molar-refractivity contribution in [3.8, 4) is 0 Å². The lowest BCUT2D eigenvalue weighted by Gasteiger charge is -2.43. The second-order valence-electron chi connectivity index (χ2n) is 6.09. The summed E-state index contributed by atoms with van der Waals surface area (Å²) in [5, 5.41) is 9.54. The SMILES string of the molecule is CCC1CCC(C(=O)O)C(N(CCOC)C(C)CC)C1. The highest BCUT2D eigenvalue weighted by Crippen LogP contribution is 2.35. The Labute approximate surface area is 123 Å². The van der Waals surface area contributed by atoms with Gasteiger partial charge in [0.2, 0.25) is 0 Å². The smallest absolute Gasteiger partial charge is 0.308 e. The molecule has 0 saturated heterocycles. The molecule has 1 saturated carbocycles. The summed E-state index contributed by atoms with van der Waals surface area (Å²) in [5.41, 5.74) is 0. The van der Waals surface area contributed by atoms with Crippen molar-refractivity contribution in [2.24, 2.45) is 11.8 Å². The molecule has 0 spiro atoms. The summed E-state index contributed by atoms with van der Waals surface area (Å²) in [6.45, 7) is 8.08. The average molecular weight is 285 g/mol. The van der Waals surface area contributed by atoms with Crippen LogP contribution in [0.15, 0.2) is 0 Å². The van der Waals surface area contributed by atoms with E-state index in [1.54, 1.807) is 7.11 Å². The minimum Gasteiger partial charge on any atom is -0.481 e. The van der Waals surface area contributed by atoms with Crippen LogP contribution in [0.2, 0.25) is 0 Å². The van der Waals surface area contributed by atoms with Gasteiger partial charge in [0.15, 0.2) is 0 Å². The first-order chi connectivity index (χ1) is 9.54. The van der Waals surface area contributed by atoms with Crippen LogP contribution in [-0.2, 0) is 9.53 Å². The topological polar surface area (TPSA) is 49.8 Å². The molecule has 20 heavy (non-hydrogen) atoms. The van der Waals surface area contributed by atoms with E-state index in [1.807, 2.05) is 0 Å². The summed E-state index contributed by atoms with van der Waals surface area (Å²) in [6, 6.07) is 0.573. The van der Waals surface area contributed by atoms with E-state index in [9.17, 15) is 9.90 Å². The number of carboxylic acids is 1. The summed E-state index contributed by atoms with van der Waals surface area (Å²) < 4.78 is 5.22. The number of nitrogens with zero attached hydrogens (tertiary/aromatic N) is 1. The lowest BCUT2D eigenvalue weighted by molar-refractivity contribution is -0.147. The fraction of sp³-hybridized carbons (Fsp3) is 0.938. The van der Waals surface area contributed by atoms with Crippen LogP contribution in [0.3, 0.4) is 0 Å². The summed E-state index contributed by atoms with van der Waals surface area (Å²) >= 11 is 0. The first kappa shape index (κ1) is 17.4. The molecule has 0 amide bonds. The Morgan fingerprint density at radius 1 is 1.40 bits per heavy atom. The summed E-state index contributed by atoms with van der Waals surface area (Å²) in [7, 11) is 1.71. The molecular weight excluding hydrogens is 254 g/mol. The third kappa shape index (κ3) is 4.45. The monoisotopic (exact) mass is 285 g/mol. The number of aliphatic carboxylic acids is 1. The minimum atomic E-state index is -0.629. The van der Waals surface area contributed by atoms with Gasteiger partial charge < -0.3 is 9.84 Å². The molecule has 0 aliphatic heterocycles. The highest BCUT2D eigenvalue weighted by Gasteiger charge is 2.38. The van der Waals surface area contributed by atoms with Gasteiger partial charge in [0.05, 0.1) is 12.5 Å². The van der Waals surface area contributed by atoms with Crippen molar-refractivity contribution in [3.05, 3.63) is 0 Å². The number of carboxylic acid groups (broad SMARTS) is 1. The number of hydrogen-bond acceptors (Lipinski definition) is 3. The second-order valence-corrected chi connectivity index (χ2v) is 6.09. The molecule has 0 radical (unpaired) electrons. The molecule has 1 rings (SSSR count). The van der Waals surface area contributed by atoms with Crippen molar-refractivity contribution in [2.45, 2.75) is 65.0 Å². The molecule has 0 aromatic rings. The average Bonchev–Trinajstić information content (AvgIpc) is 2.46. The Bertz CT molecular complexity index is 295. The normalized spacial score (nSPS) is 28.6. The molecule has 0 bridgehead atoms. The molecule has 0 heterocycles. The van der Waals surface area contributed by atoms with Gasteiger partial charge in [0, 0.05) is 25.7 Å². The Morgan fingerprint density at radius 3 is 2.60 bits per heavy atom. The Kier molecular flexibility index (Phi) is 7.52. The quantitative estimate of drug-likeness (QED) is 0.745. The van der Waals surface area contributed by atoms with E-state index in [0.717, 1.165) is 38.6 Å². The predicted molar refractivity (Wildman–Crippen MR) is 80.9 cm³/mol. The van der Waals surface area contributed by atoms with Crippen LogP contribution < -0.4 is 0 Å². The summed E-state index contributed by atoms with van der Waals surface area (Å²) in [6.07, 6.45) is 5.09. The van der Waals surface area contributed by atoms with Crippen LogP contribution in [-0.4, -0.2) is 48.3 Å². The van der Waals surface area contributed by atoms with Gasteiger partial charge in [-0.3, -0.25) is 9.69 Å². The number of rotatable bonds is 8. The zero-order valence-corrected chi connectivity index (χ0v) is 13.5. The Morgan fingerprint density at radius 2 is 2.10 bits per heavy atom.